The fourth-order valence-corrected chi connectivity index (χ4v) is 3.59. The number of hydrogen-bond acceptors (Lipinski definition) is 5. The summed E-state index contributed by atoms with van der Waals surface area (Å²) in [6.45, 7) is 3.56. The van der Waals surface area contributed by atoms with Gasteiger partial charge in [0.25, 0.3) is 0 Å². The van der Waals surface area contributed by atoms with Crippen LogP contribution in [0.4, 0.5) is 0 Å². The first-order valence-electron chi connectivity index (χ1n) is 9.57. The largest absolute Gasteiger partial charge is 0.496 e. The van der Waals surface area contributed by atoms with E-state index in [0.717, 1.165) is 5.56 Å². The van der Waals surface area contributed by atoms with E-state index >= 15 is 0 Å². The number of nitrogens with one attached hydrogen (secondary N) is 1. The number of hydrogen-bond donors (Lipinski definition) is 2. The molecule has 2 N–H and O–H groups in total. The predicted molar refractivity (Wildman–Crippen MR) is 117 cm³/mol. The Kier molecular flexibility index (Phi) is 6.65. The van der Waals surface area contributed by atoms with Gasteiger partial charge in [0.2, 0.25) is 5.91 Å². The average molecular weight is 444 g/mol. The molecular weight excluding hydrogens is 422 g/mol. The van der Waals surface area contributed by atoms with Crippen LogP contribution in [0.1, 0.15) is 22.3 Å². The molecule has 2 aromatic carbocycles. The Morgan fingerprint density at radius 1 is 1.19 bits per heavy atom. The van der Waals surface area contributed by atoms with Crippen LogP contribution in [-0.2, 0) is 22.4 Å². The Bertz CT molecular complexity index is 1200. The van der Waals surface area contributed by atoms with Crippen LogP contribution in [0, 0.1) is 13.8 Å². The van der Waals surface area contributed by atoms with Gasteiger partial charge in [0.1, 0.15) is 17.4 Å². The second-order valence-electron chi connectivity index (χ2n) is 7.30. The minimum atomic E-state index is -1.18. The minimum Gasteiger partial charge on any atom is -0.496 e. The number of rotatable bonds is 7. The molecule has 162 valence electrons. The van der Waals surface area contributed by atoms with Gasteiger partial charge in [-0.25, -0.2) is 9.59 Å². The van der Waals surface area contributed by atoms with Crippen molar-refractivity contribution < 1.29 is 23.8 Å². The summed E-state index contributed by atoms with van der Waals surface area (Å²) < 4.78 is 10.8. The van der Waals surface area contributed by atoms with E-state index in [1.54, 1.807) is 37.3 Å². The molecular formula is C23H22ClNO6. The van der Waals surface area contributed by atoms with Crippen molar-refractivity contribution in [3.05, 3.63) is 74.1 Å². The van der Waals surface area contributed by atoms with Crippen molar-refractivity contribution in [1.29, 1.82) is 0 Å². The number of methoxy groups -OCH3 is 1. The number of carbonyl (C=O) groups excluding carboxylic acids is 1. The Morgan fingerprint density at radius 3 is 2.48 bits per heavy atom. The quantitative estimate of drug-likeness (QED) is 0.542. The van der Waals surface area contributed by atoms with Gasteiger partial charge in [0.05, 0.1) is 24.5 Å². The van der Waals surface area contributed by atoms with Crippen molar-refractivity contribution >= 4 is 34.4 Å². The third kappa shape index (κ3) is 5.06. The van der Waals surface area contributed by atoms with Crippen molar-refractivity contribution in [2.75, 3.05) is 7.11 Å². The van der Waals surface area contributed by atoms with Crippen LogP contribution < -0.4 is 15.7 Å². The first-order valence-corrected chi connectivity index (χ1v) is 9.95. The lowest BCUT2D eigenvalue weighted by Crippen LogP contribution is -2.43. The molecule has 0 unspecified atom stereocenters. The average Bonchev–Trinajstić information content (AvgIpc) is 2.71. The lowest BCUT2D eigenvalue weighted by Gasteiger charge is -2.16. The third-order valence-corrected chi connectivity index (χ3v) is 5.28. The number of carboxylic acid groups (broad SMARTS) is 1. The van der Waals surface area contributed by atoms with Crippen molar-refractivity contribution in [2.24, 2.45) is 0 Å². The highest BCUT2D eigenvalue weighted by Crippen LogP contribution is 2.30. The van der Waals surface area contributed by atoms with E-state index in [0.29, 0.717) is 32.9 Å². The molecule has 1 atom stereocenters. The highest BCUT2D eigenvalue weighted by atomic mass is 35.5. The second-order valence-corrected chi connectivity index (χ2v) is 7.74. The highest BCUT2D eigenvalue weighted by molar-refractivity contribution is 6.30. The molecule has 0 aliphatic heterocycles. The first kappa shape index (κ1) is 22.4. The normalized spacial score (nSPS) is 11.9. The highest BCUT2D eigenvalue weighted by Gasteiger charge is 2.23. The van der Waals surface area contributed by atoms with E-state index in [9.17, 15) is 19.5 Å². The molecule has 0 aliphatic rings. The van der Waals surface area contributed by atoms with Crippen LogP contribution >= 0.6 is 11.6 Å². The molecule has 1 aromatic heterocycles. The number of amides is 1. The van der Waals surface area contributed by atoms with Crippen LogP contribution in [0.15, 0.2) is 45.6 Å². The van der Waals surface area contributed by atoms with Crippen LogP contribution in [0.3, 0.4) is 0 Å². The Hall–Kier alpha value is -3.32. The van der Waals surface area contributed by atoms with Gasteiger partial charge in [0, 0.05) is 11.4 Å². The fourth-order valence-electron chi connectivity index (χ4n) is 3.46. The summed E-state index contributed by atoms with van der Waals surface area (Å²) >= 11 is 5.85. The second kappa shape index (κ2) is 9.22. The number of fused-ring (bicyclic) bond motifs is 1. The van der Waals surface area contributed by atoms with Gasteiger partial charge in [-0.15, -0.1) is 0 Å². The molecule has 8 heteroatoms. The maximum absolute atomic E-state index is 12.6. The molecule has 0 aliphatic carbocycles. The predicted octanol–water partition coefficient (Wildman–Crippen LogP) is 3.43. The minimum absolute atomic E-state index is 0.0800. The lowest BCUT2D eigenvalue weighted by atomic mass is 10.0. The van der Waals surface area contributed by atoms with Gasteiger partial charge < -0.3 is 19.6 Å². The van der Waals surface area contributed by atoms with Gasteiger partial charge in [0.15, 0.2) is 0 Å². The fraction of sp³-hybridized carbons (Fsp3) is 0.261. The zero-order chi connectivity index (χ0) is 22.7. The monoisotopic (exact) mass is 443 g/mol. The van der Waals surface area contributed by atoms with Gasteiger partial charge in [-0.3, -0.25) is 4.79 Å². The van der Waals surface area contributed by atoms with Gasteiger partial charge in [-0.2, -0.15) is 0 Å². The molecule has 1 amide bonds. The number of benzene rings is 2. The number of ether oxygens (including phenoxy) is 1. The van der Waals surface area contributed by atoms with Crippen LogP contribution in [0.25, 0.3) is 11.0 Å². The molecule has 0 saturated carbocycles. The number of halogens is 1. The van der Waals surface area contributed by atoms with E-state index < -0.39 is 23.5 Å². The maximum Gasteiger partial charge on any atom is 0.340 e. The molecule has 1 heterocycles. The van der Waals surface area contributed by atoms with Crippen molar-refractivity contribution in [3.63, 3.8) is 0 Å². The zero-order valence-electron chi connectivity index (χ0n) is 17.3. The van der Waals surface area contributed by atoms with Gasteiger partial charge in [-0.05, 0) is 54.8 Å². The smallest absolute Gasteiger partial charge is 0.340 e. The van der Waals surface area contributed by atoms with Crippen LogP contribution in [0.2, 0.25) is 5.02 Å². The number of carbonyl (C=O) groups is 2. The molecule has 7 nitrogen and oxygen atoms in total. The van der Waals surface area contributed by atoms with Crippen molar-refractivity contribution in [2.45, 2.75) is 32.7 Å². The summed E-state index contributed by atoms with van der Waals surface area (Å²) in [6, 6.07) is 9.07. The molecule has 31 heavy (non-hydrogen) atoms. The van der Waals surface area contributed by atoms with Crippen molar-refractivity contribution in [3.8, 4) is 5.75 Å². The molecule has 0 radical (unpaired) electrons. The number of aliphatic carboxylic acids is 1. The van der Waals surface area contributed by atoms with E-state index in [1.165, 1.54) is 7.11 Å². The topological polar surface area (TPSA) is 106 Å². The van der Waals surface area contributed by atoms with Crippen molar-refractivity contribution in [1.82, 2.24) is 5.32 Å². The zero-order valence-corrected chi connectivity index (χ0v) is 18.1. The summed E-state index contributed by atoms with van der Waals surface area (Å²) in [5, 5.41) is 13.1. The summed E-state index contributed by atoms with van der Waals surface area (Å²) in [6.07, 6.45) is -0.234. The Labute approximate surface area is 183 Å². The van der Waals surface area contributed by atoms with Crippen LogP contribution in [-0.4, -0.2) is 30.1 Å². The van der Waals surface area contributed by atoms with Gasteiger partial charge >= 0.3 is 11.6 Å². The third-order valence-electron chi connectivity index (χ3n) is 5.03. The SMILES string of the molecule is COc1cc(C)cc2oc(=O)c(CC(=O)N[C@H](Cc3ccc(Cl)cc3)C(=O)O)c(C)c12. The number of aryl methyl sites for hydroxylation is 2. The van der Waals surface area contributed by atoms with E-state index in [4.69, 9.17) is 20.8 Å². The summed E-state index contributed by atoms with van der Waals surface area (Å²) in [5.41, 5.74) is 2.01. The number of carboxylic acids is 1. The summed E-state index contributed by atoms with van der Waals surface area (Å²) in [5.74, 6) is -1.24. The molecule has 3 rings (SSSR count). The van der Waals surface area contributed by atoms with E-state index in [-0.39, 0.29) is 18.4 Å². The van der Waals surface area contributed by atoms with Gasteiger partial charge in [-0.1, -0.05) is 23.7 Å². The molecule has 3 aromatic rings. The Balaban J connectivity index is 1.86. The molecule has 0 saturated heterocycles. The van der Waals surface area contributed by atoms with Crippen LogP contribution in [0.5, 0.6) is 5.75 Å². The molecule has 0 spiro atoms. The Morgan fingerprint density at radius 2 is 1.87 bits per heavy atom. The summed E-state index contributed by atoms with van der Waals surface area (Å²) in [7, 11) is 1.51. The lowest BCUT2D eigenvalue weighted by molar-refractivity contribution is -0.141. The molecule has 0 fully saturated rings. The van der Waals surface area contributed by atoms with E-state index in [1.807, 2.05) is 13.0 Å². The maximum atomic E-state index is 12.6. The van der Waals surface area contributed by atoms with E-state index in [2.05, 4.69) is 5.32 Å². The standard InChI is InChI=1S/C23H22ClNO6/c1-12-8-18(30-3)21-13(2)16(23(29)31-19(21)9-12)11-20(26)25-17(22(27)28)10-14-4-6-15(24)7-5-14/h4-9,17H,10-11H2,1-3H3,(H,25,26)(H,27,28)/t17-/m1/s1. The summed E-state index contributed by atoms with van der Waals surface area (Å²) in [4.78, 5) is 36.8. The molecule has 0 bridgehead atoms. The first-order chi connectivity index (χ1) is 14.7.